The lowest BCUT2D eigenvalue weighted by Crippen LogP contribution is -2.37. The van der Waals surface area contributed by atoms with Gasteiger partial charge in [0.05, 0.1) is 11.5 Å². The Morgan fingerprint density at radius 2 is 2.25 bits per heavy atom. The molecule has 1 amide bonds. The molecule has 0 unspecified atom stereocenters. The van der Waals surface area contributed by atoms with Gasteiger partial charge in [-0.2, -0.15) is 4.98 Å². The first-order valence-electron chi connectivity index (χ1n) is 6.62. The summed E-state index contributed by atoms with van der Waals surface area (Å²) in [6, 6.07) is -0.182. The predicted molar refractivity (Wildman–Crippen MR) is 71.8 cm³/mol. The molecule has 8 heteroatoms. The van der Waals surface area contributed by atoms with Crippen LogP contribution in [0.2, 0.25) is 0 Å². The third-order valence-electron chi connectivity index (χ3n) is 3.50. The molecule has 1 atom stereocenters. The second kappa shape index (κ2) is 5.90. The molecular formula is C12H19N3O4S. The van der Waals surface area contributed by atoms with Crippen molar-refractivity contribution in [1.29, 1.82) is 0 Å². The zero-order valence-corrected chi connectivity index (χ0v) is 12.5. The number of aryl methyl sites for hydroxylation is 2. The van der Waals surface area contributed by atoms with Gasteiger partial charge in [0.25, 0.3) is 0 Å². The van der Waals surface area contributed by atoms with Crippen LogP contribution in [-0.2, 0) is 21.1 Å². The first-order chi connectivity index (χ1) is 9.37. The van der Waals surface area contributed by atoms with Gasteiger partial charge in [-0.25, -0.2) is 8.42 Å². The number of hydrogen-bond donors (Lipinski definition) is 0. The standard InChI is InChI=1S/C12H19N3O4S/c1-9-13-11(19-14-9)4-3-5-12(16)15(2)10-6-7-20(17,18)8-10/h10H,3-8H2,1-2H3/t10-/m0/s1. The molecule has 0 bridgehead atoms. The Morgan fingerprint density at radius 3 is 2.80 bits per heavy atom. The van der Waals surface area contributed by atoms with E-state index in [2.05, 4.69) is 10.1 Å². The summed E-state index contributed by atoms with van der Waals surface area (Å²) in [6.45, 7) is 1.74. The first kappa shape index (κ1) is 15.0. The normalized spacial score (nSPS) is 21.0. The zero-order chi connectivity index (χ0) is 14.8. The summed E-state index contributed by atoms with van der Waals surface area (Å²) in [5, 5.41) is 3.68. The molecule has 7 nitrogen and oxygen atoms in total. The molecule has 112 valence electrons. The Balaban J connectivity index is 1.77. The first-order valence-corrected chi connectivity index (χ1v) is 8.45. The van der Waals surface area contributed by atoms with Crippen molar-refractivity contribution in [2.45, 2.75) is 38.6 Å². The lowest BCUT2D eigenvalue weighted by molar-refractivity contribution is -0.131. The number of rotatable bonds is 5. The van der Waals surface area contributed by atoms with Crippen LogP contribution in [0.4, 0.5) is 0 Å². The molecule has 2 heterocycles. The maximum Gasteiger partial charge on any atom is 0.226 e. The van der Waals surface area contributed by atoms with Gasteiger partial charge in [0.1, 0.15) is 0 Å². The number of amides is 1. The zero-order valence-electron chi connectivity index (χ0n) is 11.7. The highest BCUT2D eigenvalue weighted by atomic mass is 32.2. The van der Waals surface area contributed by atoms with Gasteiger partial charge in [0.2, 0.25) is 11.8 Å². The second-order valence-electron chi connectivity index (χ2n) is 5.15. The molecule has 1 fully saturated rings. The van der Waals surface area contributed by atoms with E-state index >= 15 is 0 Å². The van der Waals surface area contributed by atoms with Gasteiger partial charge in [-0.15, -0.1) is 0 Å². The maximum absolute atomic E-state index is 12.0. The molecule has 1 aliphatic heterocycles. The number of carbonyl (C=O) groups is 1. The fourth-order valence-electron chi connectivity index (χ4n) is 2.29. The van der Waals surface area contributed by atoms with Crippen molar-refractivity contribution < 1.29 is 17.7 Å². The third kappa shape index (κ3) is 3.78. The van der Waals surface area contributed by atoms with E-state index in [0.29, 0.717) is 37.4 Å². The van der Waals surface area contributed by atoms with Crippen LogP contribution in [0, 0.1) is 6.92 Å². The van der Waals surface area contributed by atoms with Crippen molar-refractivity contribution in [3.05, 3.63) is 11.7 Å². The van der Waals surface area contributed by atoms with Crippen molar-refractivity contribution in [3.63, 3.8) is 0 Å². The number of aromatic nitrogens is 2. The minimum Gasteiger partial charge on any atom is -0.342 e. The molecule has 1 aromatic heterocycles. The van der Waals surface area contributed by atoms with Crippen LogP contribution in [0.25, 0.3) is 0 Å². The van der Waals surface area contributed by atoms with Crippen LogP contribution in [0.3, 0.4) is 0 Å². The monoisotopic (exact) mass is 301 g/mol. The van der Waals surface area contributed by atoms with Crippen LogP contribution in [0.15, 0.2) is 4.52 Å². The molecule has 1 aliphatic rings. The van der Waals surface area contributed by atoms with Crippen LogP contribution >= 0.6 is 0 Å². The average Bonchev–Trinajstić information content (AvgIpc) is 2.94. The predicted octanol–water partition coefficient (Wildman–Crippen LogP) is 0.346. The summed E-state index contributed by atoms with van der Waals surface area (Å²) in [5.74, 6) is 1.33. The summed E-state index contributed by atoms with van der Waals surface area (Å²) in [6.07, 6.45) is 2.07. The topological polar surface area (TPSA) is 93.4 Å². The van der Waals surface area contributed by atoms with Crippen molar-refractivity contribution in [2.24, 2.45) is 0 Å². The number of sulfone groups is 1. The molecule has 0 N–H and O–H groups in total. The minimum absolute atomic E-state index is 0.0386. The Kier molecular flexibility index (Phi) is 4.42. The van der Waals surface area contributed by atoms with E-state index < -0.39 is 9.84 Å². The molecule has 0 aromatic carbocycles. The number of nitrogens with zero attached hydrogens (tertiary/aromatic N) is 3. The molecular weight excluding hydrogens is 282 g/mol. The smallest absolute Gasteiger partial charge is 0.226 e. The maximum atomic E-state index is 12.0. The Hall–Kier alpha value is -1.44. The van der Waals surface area contributed by atoms with Gasteiger partial charge < -0.3 is 9.42 Å². The SMILES string of the molecule is Cc1noc(CCCC(=O)N(C)[C@H]2CCS(=O)(=O)C2)n1. The molecule has 0 saturated carbocycles. The third-order valence-corrected chi connectivity index (χ3v) is 5.25. The van der Waals surface area contributed by atoms with Gasteiger partial charge in [0, 0.05) is 25.9 Å². The van der Waals surface area contributed by atoms with Crippen LogP contribution in [0.5, 0.6) is 0 Å². The van der Waals surface area contributed by atoms with Crippen LogP contribution in [0.1, 0.15) is 31.0 Å². The highest BCUT2D eigenvalue weighted by Gasteiger charge is 2.32. The Morgan fingerprint density at radius 1 is 1.50 bits per heavy atom. The molecule has 2 rings (SSSR count). The quantitative estimate of drug-likeness (QED) is 0.779. The molecule has 1 aromatic rings. The molecule has 0 spiro atoms. The fraction of sp³-hybridized carbons (Fsp3) is 0.750. The van der Waals surface area contributed by atoms with E-state index in [1.807, 2.05) is 0 Å². The largest absolute Gasteiger partial charge is 0.342 e. The Bertz CT molecular complexity index is 581. The number of carbonyl (C=O) groups excluding carboxylic acids is 1. The van der Waals surface area contributed by atoms with Crippen molar-refractivity contribution in [2.75, 3.05) is 18.6 Å². The van der Waals surface area contributed by atoms with Gasteiger partial charge in [-0.3, -0.25) is 4.79 Å². The highest BCUT2D eigenvalue weighted by Crippen LogP contribution is 2.17. The van der Waals surface area contributed by atoms with Gasteiger partial charge in [-0.05, 0) is 19.8 Å². The molecule has 0 radical (unpaired) electrons. The molecule has 1 saturated heterocycles. The van der Waals surface area contributed by atoms with Crippen molar-refractivity contribution in [1.82, 2.24) is 15.0 Å². The van der Waals surface area contributed by atoms with E-state index in [1.165, 1.54) is 0 Å². The summed E-state index contributed by atoms with van der Waals surface area (Å²) in [5.41, 5.74) is 0. The van der Waals surface area contributed by atoms with Crippen LogP contribution < -0.4 is 0 Å². The van der Waals surface area contributed by atoms with Gasteiger partial charge >= 0.3 is 0 Å². The summed E-state index contributed by atoms with van der Waals surface area (Å²) in [4.78, 5) is 17.6. The minimum atomic E-state index is -2.96. The van der Waals surface area contributed by atoms with E-state index in [1.54, 1.807) is 18.9 Å². The lowest BCUT2D eigenvalue weighted by Gasteiger charge is -2.23. The highest BCUT2D eigenvalue weighted by molar-refractivity contribution is 7.91. The van der Waals surface area contributed by atoms with Gasteiger partial charge in [0.15, 0.2) is 15.7 Å². The average molecular weight is 301 g/mol. The van der Waals surface area contributed by atoms with E-state index in [0.717, 1.165) is 0 Å². The second-order valence-corrected chi connectivity index (χ2v) is 7.38. The van der Waals surface area contributed by atoms with E-state index in [4.69, 9.17) is 4.52 Å². The Labute approximate surface area is 118 Å². The van der Waals surface area contributed by atoms with Crippen molar-refractivity contribution in [3.8, 4) is 0 Å². The summed E-state index contributed by atoms with van der Waals surface area (Å²) in [7, 11) is -1.29. The number of hydrogen-bond acceptors (Lipinski definition) is 6. The van der Waals surface area contributed by atoms with Crippen molar-refractivity contribution >= 4 is 15.7 Å². The summed E-state index contributed by atoms with van der Waals surface area (Å²) < 4.78 is 27.8. The van der Waals surface area contributed by atoms with E-state index in [-0.39, 0.29) is 23.5 Å². The molecule has 20 heavy (non-hydrogen) atoms. The fourth-order valence-corrected chi connectivity index (χ4v) is 4.07. The van der Waals surface area contributed by atoms with Gasteiger partial charge in [-0.1, -0.05) is 5.16 Å². The summed E-state index contributed by atoms with van der Waals surface area (Å²) >= 11 is 0. The van der Waals surface area contributed by atoms with E-state index in [9.17, 15) is 13.2 Å². The lowest BCUT2D eigenvalue weighted by atomic mass is 10.2. The van der Waals surface area contributed by atoms with Crippen LogP contribution in [-0.4, -0.2) is 54.0 Å². The molecule has 0 aliphatic carbocycles.